The molecule has 4 aromatic rings. The summed E-state index contributed by atoms with van der Waals surface area (Å²) in [6.07, 6.45) is -0.798. The van der Waals surface area contributed by atoms with Crippen molar-refractivity contribution in [3.8, 4) is 34.5 Å². The molecule has 0 aliphatic carbocycles. The van der Waals surface area contributed by atoms with Crippen LogP contribution in [0.2, 0.25) is 5.02 Å². The second-order valence-corrected chi connectivity index (χ2v) is 7.53. The molecule has 1 unspecified atom stereocenters. The van der Waals surface area contributed by atoms with Gasteiger partial charge in [-0.15, -0.1) is 0 Å². The minimum absolute atomic E-state index is 0.405. The molecule has 4 rings (SSSR count). The molecule has 0 saturated carbocycles. The van der Waals surface area contributed by atoms with Crippen LogP contribution in [0.3, 0.4) is 0 Å². The summed E-state index contributed by atoms with van der Waals surface area (Å²) >= 11 is 5.88. The van der Waals surface area contributed by atoms with E-state index in [1.54, 1.807) is 79.7 Å². The first-order valence-electron chi connectivity index (χ1n) is 10.3. The standard InChI is InChI=1S/C27H21ClO5/c1-19(30-22-11-13-25(14-12-22)32-23-9-7-20(28)8-10-23)27(29)33-26-17-15-24(16-18-26)31-21-5-3-2-4-6-21/h2-19H,1H3. The van der Waals surface area contributed by atoms with Crippen molar-refractivity contribution in [1.29, 1.82) is 0 Å². The lowest BCUT2D eigenvalue weighted by Gasteiger charge is -2.14. The van der Waals surface area contributed by atoms with Crippen molar-refractivity contribution in [3.63, 3.8) is 0 Å². The maximum Gasteiger partial charge on any atom is 0.352 e. The molecule has 0 aliphatic heterocycles. The molecule has 0 radical (unpaired) electrons. The summed E-state index contributed by atoms with van der Waals surface area (Å²) in [5, 5.41) is 0.642. The van der Waals surface area contributed by atoms with Crippen molar-refractivity contribution in [2.24, 2.45) is 0 Å². The molecule has 0 fully saturated rings. The number of para-hydroxylation sites is 1. The zero-order valence-corrected chi connectivity index (χ0v) is 18.6. The molecule has 5 nitrogen and oxygen atoms in total. The lowest BCUT2D eigenvalue weighted by molar-refractivity contribution is -0.141. The van der Waals surface area contributed by atoms with Gasteiger partial charge in [-0.2, -0.15) is 0 Å². The minimum Gasteiger partial charge on any atom is -0.479 e. The third-order valence-corrected chi connectivity index (χ3v) is 4.79. The van der Waals surface area contributed by atoms with E-state index in [0.717, 1.165) is 5.75 Å². The summed E-state index contributed by atoms with van der Waals surface area (Å²) in [6.45, 7) is 1.63. The number of halogens is 1. The molecule has 0 saturated heterocycles. The Kier molecular flexibility index (Phi) is 7.12. The van der Waals surface area contributed by atoms with Crippen molar-refractivity contribution in [2.75, 3.05) is 0 Å². The largest absolute Gasteiger partial charge is 0.479 e. The third-order valence-electron chi connectivity index (χ3n) is 4.54. The zero-order chi connectivity index (χ0) is 23.0. The molecule has 0 aliphatic rings. The van der Waals surface area contributed by atoms with Crippen LogP contribution >= 0.6 is 11.6 Å². The molecule has 0 amide bonds. The van der Waals surface area contributed by atoms with Gasteiger partial charge in [0.15, 0.2) is 6.10 Å². The second kappa shape index (κ2) is 10.6. The summed E-state index contributed by atoms with van der Waals surface area (Å²) in [6, 6.07) is 30.3. The molecule has 0 bridgehead atoms. The monoisotopic (exact) mass is 460 g/mol. The third kappa shape index (κ3) is 6.51. The quantitative estimate of drug-likeness (QED) is 0.204. The van der Waals surface area contributed by atoms with Crippen LogP contribution in [0.15, 0.2) is 103 Å². The molecule has 0 aromatic heterocycles. The van der Waals surface area contributed by atoms with E-state index in [0.29, 0.717) is 33.8 Å². The first-order chi connectivity index (χ1) is 16.0. The highest BCUT2D eigenvalue weighted by Crippen LogP contribution is 2.26. The van der Waals surface area contributed by atoms with E-state index < -0.39 is 12.1 Å². The number of carbonyl (C=O) groups excluding carboxylic acids is 1. The molecule has 4 aromatic carbocycles. The van der Waals surface area contributed by atoms with Gasteiger partial charge in [-0.25, -0.2) is 4.79 Å². The fourth-order valence-corrected chi connectivity index (χ4v) is 3.00. The van der Waals surface area contributed by atoms with Gasteiger partial charge >= 0.3 is 5.97 Å². The Morgan fingerprint density at radius 3 is 1.58 bits per heavy atom. The number of hydrogen-bond acceptors (Lipinski definition) is 5. The SMILES string of the molecule is CC(Oc1ccc(Oc2ccc(Cl)cc2)cc1)C(=O)Oc1ccc(Oc2ccccc2)cc1. The van der Waals surface area contributed by atoms with Crippen LogP contribution in [-0.2, 0) is 4.79 Å². The molecular formula is C27H21ClO5. The lowest BCUT2D eigenvalue weighted by Crippen LogP contribution is -2.28. The van der Waals surface area contributed by atoms with Crippen LogP contribution in [0.4, 0.5) is 0 Å². The van der Waals surface area contributed by atoms with Gasteiger partial charge in [-0.3, -0.25) is 0 Å². The number of carbonyl (C=O) groups is 1. The summed E-state index contributed by atoms with van der Waals surface area (Å²) in [4.78, 5) is 12.4. The Bertz CT molecular complexity index is 1170. The molecule has 0 spiro atoms. The fraction of sp³-hybridized carbons (Fsp3) is 0.0741. The molecule has 166 valence electrons. The molecule has 0 N–H and O–H groups in total. The van der Waals surface area contributed by atoms with Gasteiger partial charge in [-0.1, -0.05) is 29.8 Å². The normalized spacial score (nSPS) is 11.3. The van der Waals surface area contributed by atoms with Crippen molar-refractivity contribution in [2.45, 2.75) is 13.0 Å². The molecule has 1 atom stereocenters. The average molecular weight is 461 g/mol. The van der Waals surface area contributed by atoms with Gasteiger partial charge in [0.05, 0.1) is 0 Å². The predicted octanol–water partition coefficient (Wildman–Crippen LogP) is 7.30. The highest BCUT2D eigenvalue weighted by atomic mass is 35.5. The second-order valence-electron chi connectivity index (χ2n) is 7.10. The molecular weight excluding hydrogens is 440 g/mol. The smallest absolute Gasteiger partial charge is 0.352 e. The van der Waals surface area contributed by atoms with E-state index in [9.17, 15) is 4.79 Å². The van der Waals surface area contributed by atoms with Gasteiger partial charge in [-0.05, 0) is 91.9 Å². The maximum atomic E-state index is 12.4. The number of esters is 1. The minimum atomic E-state index is -0.798. The molecule has 6 heteroatoms. The van der Waals surface area contributed by atoms with Gasteiger partial charge in [0.1, 0.15) is 34.5 Å². The average Bonchev–Trinajstić information content (AvgIpc) is 2.83. The van der Waals surface area contributed by atoms with Crippen LogP contribution in [0, 0.1) is 0 Å². The van der Waals surface area contributed by atoms with Gasteiger partial charge in [0, 0.05) is 5.02 Å². The Morgan fingerprint density at radius 2 is 1.03 bits per heavy atom. The first kappa shape index (κ1) is 22.2. The Morgan fingerprint density at radius 1 is 0.606 bits per heavy atom. The maximum absolute atomic E-state index is 12.4. The van der Waals surface area contributed by atoms with Crippen LogP contribution in [-0.4, -0.2) is 12.1 Å². The van der Waals surface area contributed by atoms with Crippen molar-refractivity contribution >= 4 is 17.6 Å². The van der Waals surface area contributed by atoms with Crippen molar-refractivity contribution < 1.29 is 23.7 Å². The Labute approximate surface area is 197 Å². The highest BCUT2D eigenvalue weighted by molar-refractivity contribution is 6.30. The lowest BCUT2D eigenvalue weighted by atomic mass is 10.3. The number of hydrogen-bond donors (Lipinski definition) is 0. The van der Waals surface area contributed by atoms with Crippen LogP contribution in [0.1, 0.15) is 6.92 Å². The van der Waals surface area contributed by atoms with E-state index in [2.05, 4.69) is 0 Å². The fourth-order valence-electron chi connectivity index (χ4n) is 2.88. The van der Waals surface area contributed by atoms with Crippen LogP contribution in [0.5, 0.6) is 34.5 Å². The van der Waals surface area contributed by atoms with E-state index in [1.807, 2.05) is 30.3 Å². The summed E-state index contributed by atoms with van der Waals surface area (Å²) in [7, 11) is 0. The number of rotatable bonds is 8. The Hall–Kier alpha value is -3.96. The zero-order valence-electron chi connectivity index (χ0n) is 17.8. The highest BCUT2D eigenvalue weighted by Gasteiger charge is 2.17. The molecule has 33 heavy (non-hydrogen) atoms. The van der Waals surface area contributed by atoms with E-state index in [-0.39, 0.29) is 0 Å². The van der Waals surface area contributed by atoms with E-state index in [1.165, 1.54) is 0 Å². The van der Waals surface area contributed by atoms with Crippen molar-refractivity contribution in [1.82, 2.24) is 0 Å². The summed E-state index contributed by atoms with van der Waals surface area (Å²) in [5.41, 5.74) is 0. The summed E-state index contributed by atoms with van der Waals surface area (Å²) in [5.74, 6) is 3.10. The van der Waals surface area contributed by atoms with Gasteiger partial charge in [0.2, 0.25) is 0 Å². The summed E-state index contributed by atoms with van der Waals surface area (Å²) < 4.78 is 22.6. The first-order valence-corrected chi connectivity index (χ1v) is 10.7. The topological polar surface area (TPSA) is 54.0 Å². The number of ether oxygens (including phenoxy) is 4. The van der Waals surface area contributed by atoms with E-state index >= 15 is 0 Å². The molecule has 0 heterocycles. The van der Waals surface area contributed by atoms with E-state index in [4.69, 9.17) is 30.5 Å². The van der Waals surface area contributed by atoms with Crippen LogP contribution in [0.25, 0.3) is 0 Å². The van der Waals surface area contributed by atoms with Gasteiger partial charge < -0.3 is 18.9 Å². The van der Waals surface area contributed by atoms with Crippen LogP contribution < -0.4 is 18.9 Å². The predicted molar refractivity (Wildman–Crippen MR) is 127 cm³/mol. The Balaban J connectivity index is 1.28. The number of benzene rings is 4. The van der Waals surface area contributed by atoms with Crippen molar-refractivity contribution in [3.05, 3.63) is 108 Å². The van der Waals surface area contributed by atoms with Gasteiger partial charge in [0.25, 0.3) is 0 Å².